The lowest BCUT2D eigenvalue weighted by Gasteiger charge is -2.22. The van der Waals surface area contributed by atoms with Crippen LogP contribution in [0.3, 0.4) is 0 Å². The van der Waals surface area contributed by atoms with Gasteiger partial charge >= 0.3 is 0 Å². The first-order valence-electron chi connectivity index (χ1n) is 5.24. The number of nitrogens with zero attached hydrogens (tertiary/aromatic N) is 3. The summed E-state index contributed by atoms with van der Waals surface area (Å²) in [5, 5.41) is 8.62. The second kappa shape index (κ2) is 5.35. The molecule has 0 saturated carbocycles. The van der Waals surface area contributed by atoms with E-state index in [1.54, 1.807) is 12.3 Å². The summed E-state index contributed by atoms with van der Waals surface area (Å²) in [4.78, 5) is 6.22. The zero-order valence-corrected chi connectivity index (χ0v) is 9.57. The van der Waals surface area contributed by atoms with Crippen molar-refractivity contribution in [3.8, 4) is 6.07 Å². The van der Waals surface area contributed by atoms with Gasteiger partial charge in [-0.05, 0) is 18.1 Å². The zero-order valence-electron chi connectivity index (χ0n) is 9.57. The number of aromatic nitrogens is 1. The van der Waals surface area contributed by atoms with Crippen molar-refractivity contribution in [2.45, 2.75) is 20.3 Å². The molecule has 0 aliphatic rings. The summed E-state index contributed by atoms with van der Waals surface area (Å²) in [6.45, 7) is 5.44. The molecule has 0 aliphatic heterocycles. The Morgan fingerprint density at radius 2 is 2.27 bits per heavy atom. The van der Waals surface area contributed by atoms with Crippen LogP contribution in [0, 0.1) is 17.2 Å². The second-order valence-electron chi connectivity index (χ2n) is 3.91. The van der Waals surface area contributed by atoms with Crippen LogP contribution < -0.4 is 4.90 Å². The fraction of sp³-hybridized carbons (Fsp3) is 0.500. The molecule has 0 amide bonds. The van der Waals surface area contributed by atoms with E-state index in [2.05, 4.69) is 30.8 Å². The Labute approximate surface area is 91.4 Å². The largest absolute Gasteiger partial charge is 0.373 e. The van der Waals surface area contributed by atoms with Crippen LogP contribution in [0.2, 0.25) is 0 Å². The van der Waals surface area contributed by atoms with Crippen LogP contribution in [0.4, 0.5) is 5.69 Å². The van der Waals surface area contributed by atoms with Gasteiger partial charge in [-0.1, -0.05) is 20.3 Å². The monoisotopic (exact) mass is 203 g/mol. The first kappa shape index (κ1) is 11.5. The molecule has 3 heteroatoms. The van der Waals surface area contributed by atoms with Crippen LogP contribution in [0.25, 0.3) is 0 Å². The van der Waals surface area contributed by atoms with Crippen molar-refractivity contribution in [3.05, 3.63) is 24.0 Å². The molecule has 1 unspecified atom stereocenters. The molecule has 0 saturated heterocycles. The highest BCUT2D eigenvalue weighted by Crippen LogP contribution is 2.13. The Kier molecular flexibility index (Phi) is 4.11. The molecule has 1 rings (SSSR count). The summed E-state index contributed by atoms with van der Waals surface area (Å²) in [6.07, 6.45) is 2.93. The molecule has 0 bridgehead atoms. The summed E-state index contributed by atoms with van der Waals surface area (Å²) < 4.78 is 0. The minimum Gasteiger partial charge on any atom is -0.373 e. The number of nitriles is 1. The minimum atomic E-state index is 0.468. The molecular weight excluding hydrogens is 186 g/mol. The van der Waals surface area contributed by atoms with E-state index < -0.39 is 0 Å². The fourth-order valence-electron chi connectivity index (χ4n) is 1.38. The van der Waals surface area contributed by atoms with Gasteiger partial charge in [0.2, 0.25) is 0 Å². The standard InChI is InChI=1S/C12H17N3/c1-4-10(2)9-15(3)12-6-5-11(7-13)14-8-12/h5-6,8,10H,4,9H2,1-3H3. The van der Waals surface area contributed by atoms with E-state index in [1.807, 2.05) is 12.1 Å². The Morgan fingerprint density at radius 1 is 1.53 bits per heavy atom. The van der Waals surface area contributed by atoms with Gasteiger partial charge in [0.1, 0.15) is 11.8 Å². The SMILES string of the molecule is CCC(C)CN(C)c1ccc(C#N)nc1. The molecule has 1 aromatic heterocycles. The highest BCUT2D eigenvalue weighted by Gasteiger charge is 2.05. The van der Waals surface area contributed by atoms with Gasteiger partial charge in [-0.2, -0.15) is 5.26 Å². The second-order valence-corrected chi connectivity index (χ2v) is 3.91. The van der Waals surface area contributed by atoms with Crippen molar-refractivity contribution in [2.75, 3.05) is 18.5 Å². The van der Waals surface area contributed by atoms with E-state index in [4.69, 9.17) is 5.26 Å². The van der Waals surface area contributed by atoms with Crippen molar-refractivity contribution >= 4 is 5.69 Å². The highest BCUT2D eigenvalue weighted by atomic mass is 15.1. The van der Waals surface area contributed by atoms with Gasteiger partial charge in [0.05, 0.1) is 11.9 Å². The molecule has 0 fully saturated rings. The fourth-order valence-corrected chi connectivity index (χ4v) is 1.38. The maximum Gasteiger partial charge on any atom is 0.140 e. The van der Waals surface area contributed by atoms with Gasteiger partial charge in [0, 0.05) is 13.6 Å². The predicted molar refractivity (Wildman–Crippen MR) is 61.7 cm³/mol. The first-order valence-corrected chi connectivity index (χ1v) is 5.24. The van der Waals surface area contributed by atoms with Crippen molar-refractivity contribution in [2.24, 2.45) is 5.92 Å². The van der Waals surface area contributed by atoms with E-state index in [0.29, 0.717) is 11.6 Å². The summed E-state index contributed by atoms with van der Waals surface area (Å²) >= 11 is 0. The lowest BCUT2D eigenvalue weighted by molar-refractivity contribution is 0.559. The van der Waals surface area contributed by atoms with Gasteiger partial charge < -0.3 is 4.90 Å². The lowest BCUT2D eigenvalue weighted by atomic mass is 10.1. The van der Waals surface area contributed by atoms with E-state index in [9.17, 15) is 0 Å². The average molecular weight is 203 g/mol. The molecule has 0 aromatic carbocycles. The zero-order chi connectivity index (χ0) is 11.3. The minimum absolute atomic E-state index is 0.468. The number of anilines is 1. The van der Waals surface area contributed by atoms with Gasteiger partial charge in [-0.25, -0.2) is 4.98 Å². The molecule has 0 aliphatic carbocycles. The van der Waals surface area contributed by atoms with Gasteiger partial charge in [0.15, 0.2) is 0 Å². The number of rotatable bonds is 4. The molecule has 1 aromatic rings. The molecular formula is C12H17N3. The van der Waals surface area contributed by atoms with Gasteiger partial charge in [-0.3, -0.25) is 0 Å². The van der Waals surface area contributed by atoms with Crippen molar-refractivity contribution in [3.63, 3.8) is 0 Å². The molecule has 80 valence electrons. The van der Waals surface area contributed by atoms with Crippen LogP contribution in [0.5, 0.6) is 0 Å². The Balaban J connectivity index is 2.66. The Bertz CT molecular complexity index is 337. The molecule has 1 heterocycles. The summed E-state index contributed by atoms with van der Waals surface area (Å²) in [7, 11) is 2.05. The van der Waals surface area contributed by atoms with Crippen LogP contribution in [0.15, 0.2) is 18.3 Å². The topological polar surface area (TPSA) is 39.9 Å². The summed E-state index contributed by atoms with van der Waals surface area (Å²) in [5.74, 6) is 0.672. The molecule has 3 nitrogen and oxygen atoms in total. The Hall–Kier alpha value is -1.56. The van der Waals surface area contributed by atoms with Crippen LogP contribution in [0.1, 0.15) is 26.0 Å². The highest BCUT2D eigenvalue weighted by molar-refractivity contribution is 5.44. The quantitative estimate of drug-likeness (QED) is 0.754. The molecule has 15 heavy (non-hydrogen) atoms. The van der Waals surface area contributed by atoms with Crippen LogP contribution >= 0.6 is 0 Å². The third-order valence-corrected chi connectivity index (χ3v) is 2.59. The molecule has 1 atom stereocenters. The molecule has 0 radical (unpaired) electrons. The van der Waals surface area contributed by atoms with Gasteiger partial charge in [-0.15, -0.1) is 0 Å². The summed E-state index contributed by atoms with van der Waals surface area (Å²) in [5.41, 5.74) is 1.53. The third kappa shape index (κ3) is 3.25. The van der Waals surface area contributed by atoms with Crippen molar-refractivity contribution < 1.29 is 0 Å². The lowest BCUT2D eigenvalue weighted by Crippen LogP contribution is -2.23. The predicted octanol–water partition coefficient (Wildman–Crippen LogP) is 2.44. The van der Waals surface area contributed by atoms with Crippen molar-refractivity contribution in [1.82, 2.24) is 4.98 Å². The van der Waals surface area contributed by atoms with E-state index in [-0.39, 0.29) is 0 Å². The number of hydrogen-bond donors (Lipinski definition) is 0. The van der Waals surface area contributed by atoms with Gasteiger partial charge in [0.25, 0.3) is 0 Å². The molecule has 0 spiro atoms. The smallest absolute Gasteiger partial charge is 0.140 e. The normalized spacial score (nSPS) is 11.9. The maximum atomic E-state index is 8.62. The third-order valence-electron chi connectivity index (χ3n) is 2.59. The Morgan fingerprint density at radius 3 is 2.73 bits per heavy atom. The molecule has 0 N–H and O–H groups in total. The maximum absolute atomic E-state index is 8.62. The van der Waals surface area contributed by atoms with E-state index in [0.717, 1.165) is 12.2 Å². The van der Waals surface area contributed by atoms with Crippen LogP contribution in [-0.4, -0.2) is 18.6 Å². The first-order chi connectivity index (χ1) is 7.17. The summed E-state index contributed by atoms with van der Waals surface area (Å²) in [6, 6.07) is 5.71. The van der Waals surface area contributed by atoms with E-state index >= 15 is 0 Å². The van der Waals surface area contributed by atoms with E-state index in [1.165, 1.54) is 6.42 Å². The van der Waals surface area contributed by atoms with Crippen LogP contribution in [-0.2, 0) is 0 Å². The number of pyridine rings is 1. The number of hydrogen-bond acceptors (Lipinski definition) is 3. The van der Waals surface area contributed by atoms with Crippen molar-refractivity contribution in [1.29, 1.82) is 5.26 Å². The average Bonchev–Trinajstić information content (AvgIpc) is 2.29.